The first kappa shape index (κ1) is 13.0. The fourth-order valence-electron chi connectivity index (χ4n) is 2.56. The average Bonchev–Trinajstić information content (AvgIpc) is 2.35. The van der Waals surface area contributed by atoms with Crippen LogP contribution in [0.2, 0.25) is 0 Å². The molecular weight excluding hydrogens is 228 g/mol. The van der Waals surface area contributed by atoms with E-state index in [2.05, 4.69) is 0 Å². The van der Waals surface area contributed by atoms with Crippen LogP contribution in [0.1, 0.15) is 20.8 Å². The Morgan fingerprint density at radius 1 is 1.39 bits per heavy atom. The van der Waals surface area contributed by atoms with Crippen molar-refractivity contribution in [2.75, 3.05) is 6.61 Å². The zero-order chi connectivity index (χ0) is 13.5. The number of carbonyl (C=O) groups is 2. The Morgan fingerprint density at radius 3 is 2.67 bits per heavy atom. The molecule has 96 valence electrons. The molecular formula is C15H18O3. The van der Waals surface area contributed by atoms with Gasteiger partial charge in [0, 0.05) is 29.4 Å². The van der Waals surface area contributed by atoms with Gasteiger partial charge in [0.1, 0.15) is 0 Å². The minimum absolute atomic E-state index is 0.0600. The smallest absolute Gasteiger partial charge is 0.182 e. The van der Waals surface area contributed by atoms with Crippen LogP contribution in [0.4, 0.5) is 0 Å². The summed E-state index contributed by atoms with van der Waals surface area (Å²) in [5, 5.41) is 9.21. The van der Waals surface area contributed by atoms with Crippen LogP contribution in [0, 0.1) is 17.3 Å². The molecule has 3 nitrogen and oxygen atoms in total. The number of hydrogen-bond donors (Lipinski definition) is 1. The van der Waals surface area contributed by atoms with Crippen LogP contribution < -0.4 is 0 Å². The van der Waals surface area contributed by atoms with Gasteiger partial charge < -0.3 is 5.11 Å². The van der Waals surface area contributed by atoms with Crippen molar-refractivity contribution in [3.05, 3.63) is 35.5 Å². The molecule has 0 radical (unpaired) electrons. The first-order valence-electron chi connectivity index (χ1n) is 6.22. The number of aliphatic hydroxyl groups excluding tert-OH is 1. The van der Waals surface area contributed by atoms with Gasteiger partial charge in [-0.05, 0) is 17.7 Å². The molecule has 2 aliphatic rings. The van der Waals surface area contributed by atoms with Crippen molar-refractivity contribution in [2.24, 2.45) is 17.3 Å². The van der Waals surface area contributed by atoms with Crippen molar-refractivity contribution in [3.63, 3.8) is 0 Å². The van der Waals surface area contributed by atoms with Gasteiger partial charge in [-0.3, -0.25) is 9.59 Å². The first-order valence-corrected chi connectivity index (χ1v) is 6.22. The lowest BCUT2D eigenvalue weighted by Gasteiger charge is -2.39. The second-order valence-electron chi connectivity index (χ2n) is 5.39. The zero-order valence-corrected chi connectivity index (χ0v) is 10.9. The molecule has 0 unspecified atom stereocenters. The van der Waals surface area contributed by atoms with Crippen LogP contribution in [0.3, 0.4) is 0 Å². The molecule has 0 aliphatic heterocycles. The van der Waals surface area contributed by atoms with Crippen molar-refractivity contribution in [1.29, 1.82) is 0 Å². The number of carbonyl (C=O) groups excluding carboxylic acids is 2. The van der Waals surface area contributed by atoms with Crippen molar-refractivity contribution >= 4 is 11.6 Å². The predicted octanol–water partition coefficient (Wildman–Crippen LogP) is 1.83. The van der Waals surface area contributed by atoms with Crippen LogP contribution in [0.15, 0.2) is 35.5 Å². The van der Waals surface area contributed by atoms with Gasteiger partial charge in [-0.15, -0.1) is 0 Å². The summed E-state index contributed by atoms with van der Waals surface area (Å²) in [4.78, 5) is 23.8. The van der Waals surface area contributed by atoms with E-state index < -0.39 is 5.41 Å². The Labute approximate surface area is 107 Å². The third-order valence-corrected chi connectivity index (χ3v) is 4.21. The van der Waals surface area contributed by atoms with E-state index in [1.54, 1.807) is 18.2 Å². The monoisotopic (exact) mass is 246 g/mol. The molecule has 3 heteroatoms. The third kappa shape index (κ3) is 1.79. The standard InChI is InChI=1S/C15H18O3/c1-9(8-16)12-7-15(3)10(2)13(17)5-4-11(15)6-14(12)18/h4-7,9-10,16H,8H2,1-3H3/t9-,10-,15-/m1/s1. The van der Waals surface area contributed by atoms with E-state index >= 15 is 0 Å². The number of aliphatic hydroxyl groups is 1. The lowest BCUT2D eigenvalue weighted by atomic mass is 9.63. The number of rotatable bonds is 2. The molecule has 0 aromatic carbocycles. The lowest BCUT2D eigenvalue weighted by Crippen LogP contribution is -2.37. The summed E-state index contributed by atoms with van der Waals surface area (Å²) < 4.78 is 0. The number of ketones is 2. The fourth-order valence-corrected chi connectivity index (χ4v) is 2.56. The van der Waals surface area contributed by atoms with Crippen LogP contribution in [0.25, 0.3) is 0 Å². The highest BCUT2D eigenvalue weighted by molar-refractivity contribution is 6.08. The van der Waals surface area contributed by atoms with Gasteiger partial charge in [0.05, 0.1) is 0 Å². The molecule has 0 bridgehead atoms. The van der Waals surface area contributed by atoms with Gasteiger partial charge >= 0.3 is 0 Å². The average molecular weight is 246 g/mol. The second-order valence-corrected chi connectivity index (χ2v) is 5.39. The first-order chi connectivity index (χ1) is 8.40. The highest BCUT2D eigenvalue weighted by Crippen LogP contribution is 2.45. The van der Waals surface area contributed by atoms with E-state index in [4.69, 9.17) is 0 Å². The van der Waals surface area contributed by atoms with Crippen LogP contribution >= 0.6 is 0 Å². The predicted molar refractivity (Wildman–Crippen MR) is 68.8 cm³/mol. The maximum absolute atomic E-state index is 12.0. The molecule has 1 N–H and O–H groups in total. The van der Waals surface area contributed by atoms with Crippen molar-refractivity contribution in [1.82, 2.24) is 0 Å². The summed E-state index contributed by atoms with van der Waals surface area (Å²) in [7, 11) is 0. The minimum Gasteiger partial charge on any atom is -0.396 e. The molecule has 2 rings (SSSR count). The summed E-state index contributed by atoms with van der Waals surface area (Å²) in [6.45, 7) is 5.61. The molecule has 0 saturated carbocycles. The van der Waals surface area contributed by atoms with Crippen molar-refractivity contribution < 1.29 is 14.7 Å². The minimum atomic E-state index is -0.432. The normalized spacial score (nSPS) is 32.8. The van der Waals surface area contributed by atoms with Gasteiger partial charge in [-0.25, -0.2) is 0 Å². The molecule has 0 fully saturated rings. The Bertz CT molecular complexity index is 496. The number of allylic oxidation sites excluding steroid dienone is 5. The fraction of sp³-hybridized carbons (Fsp3) is 0.467. The number of hydrogen-bond acceptors (Lipinski definition) is 3. The molecule has 3 atom stereocenters. The van der Waals surface area contributed by atoms with Crippen LogP contribution in [-0.2, 0) is 9.59 Å². The molecule has 0 aromatic heterocycles. The summed E-state index contributed by atoms with van der Waals surface area (Å²) >= 11 is 0. The Hall–Kier alpha value is -1.48. The third-order valence-electron chi connectivity index (χ3n) is 4.21. The number of fused-ring (bicyclic) bond motifs is 1. The molecule has 2 aliphatic carbocycles. The Morgan fingerprint density at radius 2 is 2.06 bits per heavy atom. The topological polar surface area (TPSA) is 54.4 Å². The molecule has 0 saturated heterocycles. The molecule has 0 heterocycles. The maximum Gasteiger partial charge on any atom is 0.182 e. The van der Waals surface area contributed by atoms with E-state index in [0.29, 0.717) is 5.57 Å². The van der Waals surface area contributed by atoms with Gasteiger partial charge in [0.25, 0.3) is 0 Å². The Balaban J connectivity index is 2.52. The SMILES string of the molecule is C[C@H](CO)C1=C[C@@]2(C)C(=CC1=O)C=CC(=O)[C@H]2C. The van der Waals surface area contributed by atoms with Crippen molar-refractivity contribution in [2.45, 2.75) is 20.8 Å². The summed E-state index contributed by atoms with van der Waals surface area (Å²) in [5.74, 6) is -0.352. The molecule has 0 aromatic rings. The second kappa shape index (κ2) is 4.32. The molecule has 0 spiro atoms. The van der Waals surface area contributed by atoms with E-state index in [0.717, 1.165) is 5.57 Å². The molecule has 0 amide bonds. The summed E-state index contributed by atoms with van der Waals surface area (Å²) in [6, 6.07) is 0. The highest BCUT2D eigenvalue weighted by Gasteiger charge is 2.41. The largest absolute Gasteiger partial charge is 0.396 e. The van der Waals surface area contributed by atoms with E-state index in [1.165, 1.54) is 0 Å². The summed E-state index contributed by atoms with van der Waals surface area (Å²) in [5.41, 5.74) is 1.06. The van der Waals surface area contributed by atoms with Crippen LogP contribution in [-0.4, -0.2) is 23.3 Å². The van der Waals surface area contributed by atoms with Crippen LogP contribution in [0.5, 0.6) is 0 Å². The van der Waals surface area contributed by atoms with Gasteiger partial charge in [-0.1, -0.05) is 32.9 Å². The maximum atomic E-state index is 12.0. The van der Waals surface area contributed by atoms with Gasteiger partial charge in [-0.2, -0.15) is 0 Å². The summed E-state index contributed by atoms with van der Waals surface area (Å²) in [6.07, 6.45) is 6.75. The van der Waals surface area contributed by atoms with Gasteiger partial charge in [0.2, 0.25) is 0 Å². The highest BCUT2D eigenvalue weighted by atomic mass is 16.3. The molecule has 18 heavy (non-hydrogen) atoms. The lowest BCUT2D eigenvalue weighted by molar-refractivity contribution is -0.120. The Kier molecular flexibility index (Phi) is 3.11. The van der Waals surface area contributed by atoms with E-state index in [1.807, 2.05) is 26.8 Å². The zero-order valence-electron chi connectivity index (χ0n) is 10.9. The van der Waals surface area contributed by atoms with Crippen molar-refractivity contribution in [3.8, 4) is 0 Å². The van der Waals surface area contributed by atoms with E-state index in [9.17, 15) is 14.7 Å². The van der Waals surface area contributed by atoms with Gasteiger partial charge in [0.15, 0.2) is 11.6 Å². The quantitative estimate of drug-likeness (QED) is 0.808. The van der Waals surface area contributed by atoms with E-state index in [-0.39, 0.29) is 30.0 Å².